The van der Waals surface area contributed by atoms with E-state index in [1.165, 1.54) is 16.6 Å². The summed E-state index contributed by atoms with van der Waals surface area (Å²) < 4.78 is 26.5. The quantitative estimate of drug-likeness (QED) is 0.599. The van der Waals surface area contributed by atoms with Gasteiger partial charge in [0.1, 0.15) is 4.90 Å². The number of hydrazine groups is 1. The molecule has 0 saturated carbocycles. The van der Waals surface area contributed by atoms with Crippen LogP contribution in [0.4, 0.5) is 5.82 Å². The number of nitrogens with two attached hydrogens (primary N) is 1. The maximum atomic E-state index is 12.5. The van der Waals surface area contributed by atoms with Crippen molar-refractivity contribution in [3.63, 3.8) is 0 Å². The van der Waals surface area contributed by atoms with E-state index in [4.69, 9.17) is 5.84 Å². The minimum absolute atomic E-state index is 0.106. The molecule has 6 nitrogen and oxygen atoms in total. The van der Waals surface area contributed by atoms with Crippen LogP contribution in [0.5, 0.6) is 0 Å². The van der Waals surface area contributed by atoms with Gasteiger partial charge in [0, 0.05) is 18.8 Å². The van der Waals surface area contributed by atoms with Crippen molar-refractivity contribution in [1.82, 2.24) is 9.29 Å². The number of rotatable bonds is 6. The molecular weight excluding hydrogens is 252 g/mol. The van der Waals surface area contributed by atoms with Crippen molar-refractivity contribution in [2.24, 2.45) is 5.84 Å². The monoisotopic (exact) mass is 272 g/mol. The van der Waals surface area contributed by atoms with Crippen LogP contribution in [0.3, 0.4) is 0 Å². The van der Waals surface area contributed by atoms with Gasteiger partial charge in [-0.3, -0.25) is 0 Å². The molecule has 0 amide bonds. The molecule has 0 spiro atoms. The van der Waals surface area contributed by atoms with Gasteiger partial charge in [0.15, 0.2) is 5.82 Å². The second kappa shape index (κ2) is 6.12. The van der Waals surface area contributed by atoms with Crippen LogP contribution in [0.2, 0.25) is 0 Å². The lowest BCUT2D eigenvalue weighted by atomic mass is 10.4. The molecule has 0 aliphatic heterocycles. The standard InChI is InChI=1S/C11H20N4O2S/c1-4-8-15(9(2)3)18(16,17)10-6-5-7-13-11(10)14-12/h5-7,9H,4,8,12H2,1-3H3,(H,13,14). The second-order valence-electron chi connectivity index (χ2n) is 4.20. The number of nitrogens with one attached hydrogen (secondary N) is 1. The van der Waals surface area contributed by atoms with E-state index in [2.05, 4.69) is 10.4 Å². The van der Waals surface area contributed by atoms with Gasteiger partial charge in [-0.25, -0.2) is 19.2 Å². The van der Waals surface area contributed by atoms with Gasteiger partial charge in [-0.2, -0.15) is 4.31 Å². The molecule has 0 aromatic carbocycles. The molecule has 1 heterocycles. The van der Waals surface area contributed by atoms with Crippen molar-refractivity contribution >= 4 is 15.8 Å². The van der Waals surface area contributed by atoms with Crippen LogP contribution in [0, 0.1) is 0 Å². The Morgan fingerprint density at radius 1 is 1.50 bits per heavy atom. The van der Waals surface area contributed by atoms with E-state index < -0.39 is 10.0 Å². The number of nitrogen functional groups attached to an aromatic ring is 1. The molecule has 0 aliphatic carbocycles. The van der Waals surface area contributed by atoms with Gasteiger partial charge in [-0.1, -0.05) is 6.92 Å². The largest absolute Gasteiger partial charge is 0.307 e. The van der Waals surface area contributed by atoms with Crippen molar-refractivity contribution in [3.05, 3.63) is 18.3 Å². The summed E-state index contributed by atoms with van der Waals surface area (Å²) in [5.41, 5.74) is 2.32. The topological polar surface area (TPSA) is 88.3 Å². The molecule has 102 valence electrons. The molecule has 0 bridgehead atoms. The predicted molar refractivity (Wildman–Crippen MR) is 71.4 cm³/mol. The zero-order chi connectivity index (χ0) is 13.8. The number of hydrogen-bond donors (Lipinski definition) is 2. The molecule has 3 N–H and O–H groups in total. The van der Waals surface area contributed by atoms with E-state index in [0.717, 1.165) is 6.42 Å². The van der Waals surface area contributed by atoms with Crippen LogP contribution in [-0.4, -0.2) is 30.3 Å². The Hall–Kier alpha value is -1.18. The summed E-state index contributed by atoms with van der Waals surface area (Å²) in [5.74, 6) is 5.47. The summed E-state index contributed by atoms with van der Waals surface area (Å²) in [5, 5.41) is 0. The summed E-state index contributed by atoms with van der Waals surface area (Å²) >= 11 is 0. The first-order valence-corrected chi connectivity index (χ1v) is 7.32. The molecule has 0 aliphatic rings. The van der Waals surface area contributed by atoms with Crippen molar-refractivity contribution in [3.8, 4) is 0 Å². The van der Waals surface area contributed by atoms with E-state index in [-0.39, 0.29) is 16.8 Å². The highest BCUT2D eigenvalue weighted by Crippen LogP contribution is 2.23. The molecule has 7 heteroatoms. The highest BCUT2D eigenvalue weighted by Gasteiger charge is 2.28. The minimum Gasteiger partial charge on any atom is -0.307 e. The fraction of sp³-hybridized carbons (Fsp3) is 0.545. The zero-order valence-corrected chi connectivity index (χ0v) is 11.7. The molecule has 0 fully saturated rings. The highest BCUT2D eigenvalue weighted by atomic mass is 32.2. The molecule has 1 rings (SSSR count). The van der Waals surface area contributed by atoms with Gasteiger partial charge in [-0.05, 0) is 32.4 Å². The lowest BCUT2D eigenvalue weighted by Gasteiger charge is -2.26. The molecule has 0 saturated heterocycles. The lowest BCUT2D eigenvalue weighted by molar-refractivity contribution is 0.354. The Bertz CT molecular complexity index is 488. The van der Waals surface area contributed by atoms with Crippen LogP contribution >= 0.6 is 0 Å². The molecule has 18 heavy (non-hydrogen) atoms. The van der Waals surface area contributed by atoms with Crippen molar-refractivity contribution in [1.29, 1.82) is 0 Å². The van der Waals surface area contributed by atoms with Crippen LogP contribution in [-0.2, 0) is 10.0 Å². The van der Waals surface area contributed by atoms with Gasteiger partial charge in [0.25, 0.3) is 0 Å². The van der Waals surface area contributed by atoms with E-state index in [0.29, 0.717) is 6.54 Å². The third kappa shape index (κ3) is 2.98. The minimum atomic E-state index is -3.58. The molecule has 1 aromatic rings. The van der Waals surface area contributed by atoms with Crippen molar-refractivity contribution < 1.29 is 8.42 Å². The average Bonchev–Trinajstić information content (AvgIpc) is 2.35. The maximum absolute atomic E-state index is 12.5. The summed E-state index contributed by atoms with van der Waals surface area (Å²) in [6, 6.07) is 2.97. The first-order valence-electron chi connectivity index (χ1n) is 5.88. The van der Waals surface area contributed by atoms with Gasteiger partial charge >= 0.3 is 0 Å². The Labute approximate surface area is 108 Å². The zero-order valence-electron chi connectivity index (χ0n) is 10.9. The Morgan fingerprint density at radius 2 is 2.17 bits per heavy atom. The smallest absolute Gasteiger partial charge is 0.247 e. The Kier molecular flexibility index (Phi) is 5.06. The van der Waals surface area contributed by atoms with E-state index in [1.54, 1.807) is 6.07 Å². The molecule has 0 atom stereocenters. The number of nitrogens with zero attached hydrogens (tertiary/aromatic N) is 2. The first kappa shape index (κ1) is 14.9. The van der Waals surface area contributed by atoms with E-state index in [1.807, 2.05) is 20.8 Å². The normalized spacial score (nSPS) is 12.1. The van der Waals surface area contributed by atoms with Crippen LogP contribution in [0.1, 0.15) is 27.2 Å². The fourth-order valence-corrected chi connectivity index (χ4v) is 3.55. The predicted octanol–water partition coefficient (Wildman–Crippen LogP) is 1.18. The highest BCUT2D eigenvalue weighted by molar-refractivity contribution is 7.89. The summed E-state index contributed by atoms with van der Waals surface area (Å²) in [4.78, 5) is 4.03. The van der Waals surface area contributed by atoms with Gasteiger partial charge in [0.2, 0.25) is 10.0 Å². The number of hydrogen-bond acceptors (Lipinski definition) is 5. The summed E-state index contributed by atoms with van der Waals surface area (Å²) in [7, 11) is -3.58. The van der Waals surface area contributed by atoms with Crippen molar-refractivity contribution in [2.75, 3.05) is 12.0 Å². The van der Waals surface area contributed by atoms with Gasteiger partial charge in [0.05, 0.1) is 0 Å². The number of aromatic nitrogens is 1. The summed E-state index contributed by atoms with van der Waals surface area (Å²) in [6.07, 6.45) is 2.25. The van der Waals surface area contributed by atoms with Crippen molar-refractivity contribution in [2.45, 2.75) is 38.1 Å². The second-order valence-corrected chi connectivity index (χ2v) is 6.06. The third-order valence-corrected chi connectivity index (χ3v) is 4.62. The van der Waals surface area contributed by atoms with E-state index >= 15 is 0 Å². The molecule has 1 aromatic heterocycles. The molecule has 0 radical (unpaired) electrons. The van der Waals surface area contributed by atoms with Crippen LogP contribution in [0.15, 0.2) is 23.2 Å². The number of sulfonamides is 1. The van der Waals surface area contributed by atoms with Gasteiger partial charge in [-0.15, -0.1) is 0 Å². The number of pyridine rings is 1. The summed E-state index contributed by atoms with van der Waals surface area (Å²) in [6.45, 7) is 6.10. The van der Waals surface area contributed by atoms with Crippen LogP contribution < -0.4 is 11.3 Å². The number of anilines is 1. The first-order chi connectivity index (χ1) is 8.45. The average molecular weight is 272 g/mol. The third-order valence-electron chi connectivity index (χ3n) is 2.51. The van der Waals surface area contributed by atoms with E-state index in [9.17, 15) is 8.42 Å². The molecular formula is C11H20N4O2S. The maximum Gasteiger partial charge on any atom is 0.247 e. The van der Waals surface area contributed by atoms with Gasteiger partial charge < -0.3 is 5.43 Å². The molecule has 0 unspecified atom stereocenters. The Morgan fingerprint density at radius 3 is 2.67 bits per heavy atom. The van der Waals surface area contributed by atoms with Crippen LogP contribution in [0.25, 0.3) is 0 Å². The Balaban J connectivity index is 3.26. The SMILES string of the molecule is CCCN(C(C)C)S(=O)(=O)c1cccnc1NN. The fourth-order valence-electron chi connectivity index (χ4n) is 1.71. The lowest BCUT2D eigenvalue weighted by Crippen LogP contribution is -2.38.